The molecular formula is C14H22BrNO. The predicted octanol–water partition coefficient (Wildman–Crippen LogP) is 4.00. The highest BCUT2D eigenvalue weighted by molar-refractivity contribution is 9.10. The quantitative estimate of drug-likeness (QED) is 0.733. The van der Waals surface area contributed by atoms with E-state index in [1.807, 2.05) is 24.3 Å². The minimum Gasteiger partial charge on any atom is -0.494 e. The smallest absolute Gasteiger partial charge is 0.119 e. The molecule has 0 bridgehead atoms. The van der Waals surface area contributed by atoms with Crippen molar-refractivity contribution in [1.29, 1.82) is 0 Å². The van der Waals surface area contributed by atoms with Crippen LogP contribution in [0.25, 0.3) is 0 Å². The summed E-state index contributed by atoms with van der Waals surface area (Å²) in [6.45, 7) is 6.22. The Bertz CT molecular complexity index is 300. The first-order chi connectivity index (χ1) is 8.26. The summed E-state index contributed by atoms with van der Waals surface area (Å²) < 4.78 is 6.77. The molecule has 1 unspecified atom stereocenters. The topological polar surface area (TPSA) is 21.3 Å². The van der Waals surface area contributed by atoms with E-state index < -0.39 is 0 Å². The molecule has 0 saturated heterocycles. The van der Waals surface area contributed by atoms with Gasteiger partial charge in [0.25, 0.3) is 0 Å². The molecule has 0 fully saturated rings. The molecule has 0 spiro atoms. The van der Waals surface area contributed by atoms with Gasteiger partial charge in [-0.3, -0.25) is 0 Å². The highest BCUT2D eigenvalue weighted by atomic mass is 79.9. The van der Waals surface area contributed by atoms with Gasteiger partial charge in [0.2, 0.25) is 0 Å². The van der Waals surface area contributed by atoms with Crippen molar-refractivity contribution in [3.63, 3.8) is 0 Å². The van der Waals surface area contributed by atoms with Crippen LogP contribution in [0.5, 0.6) is 5.75 Å². The fourth-order valence-corrected chi connectivity index (χ4v) is 2.05. The molecular weight excluding hydrogens is 278 g/mol. The number of hydrogen-bond acceptors (Lipinski definition) is 2. The molecule has 2 nitrogen and oxygen atoms in total. The van der Waals surface area contributed by atoms with E-state index >= 15 is 0 Å². The molecule has 0 radical (unpaired) electrons. The fourth-order valence-electron chi connectivity index (χ4n) is 1.79. The average Bonchev–Trinajstić information content (AvgIpc) is 2.35. The summed E-state index contributed by atoms with van der Waals surface area (Å²) in [7, 11) is 0. The number of ether oxygens (including phenoxy) is 1. The average molecular weight is 300 g/mol. The molecule has 1 rings (SSSR count). The van der Waals surface area contributed by atoms with Crippen LogP contribution in [0.3, 0.4) is 0 Å². The van der Waals surface area contributed by atoms with Gasteiger partial charge in [0, 0.05) is 10.5 Å². The van der Waals surface area contributed by atoms with Gasteiger partial charge >= 0.3 is 0 Å². The molecule has 1 aromatic carbocycles. The predicted molar refractivity (Wildman–Crippen MR) is 76.6 cm³/mol. The van der Waals surface area contributed by atoms with E-state index in [1.165, 1.54) is 12.8 Å². The molecule has 0 aliphatic heterocycles. The molecule has 0 saturated carbocycles. The van der Waals surface area contributed by atoms with Gasteiger partial charge in [0.05, 0.1) is 6.61 Å². The zero-order valence-corrected chi connectivity index (χ0v) is 12.3. The Balaban J connectivity index is 2.17. The van der Waals surface area contributed by atoms with Crippen LogP contribution in [0.2, 0.25) is 0 Å². The van der Waals surface area contributed by atoms with Crippen molar-refractivity contribution in [3.8, 4) is 5.75 Å². The number of benzene rings is 1. The number of rotatable bonds is 8. The SMILES string of the molecule is CCNC(CC)CCCOc1ccc(Br)cc1. The maximum Gasteiger partial charge on any atom is 0.119 e. The maximum atomic E-state index is 5.69. The Kier molecular flexibility index (Phi) is 7.29. The molecule has 0 aliphatic rings. The molecule has 17 heavy (non-hydrogen) atoms. The van der Waals surface area contributed by atoms with Gasteiger partial charge in [-0.1, -0.05) is 29.8 Å². The van der Waals surface area contributed by atoms with Crippen molar-refractivity contribution in [2.24, 2.45) is 0 Å². The zero-order chi connectivity index (χ0) is 12.5. The molecule has 96 valence electrons. The molecule has 1 atom stereocenters. The highest BCUT2D eigenvalue weighted by Crippen LogP contribution is 2.16. The first-order valence-electron chi connectivity index (χ1n) is 6.38. The van der Waals surface area contributed by atoms with Crippen molar-refractivity contribution >= 4 is 15.9 Å². The third kappa shape index (κ3) is 6.08. The minimum absolute atomic E-state index is 0.633. The second-order valence-corrected chi connectivity index (χ2v) is 5.02. The fraction of sp³-hybridized carbons (Fsp3) is 0.571. The van der Waals surface area contributed by atoms with E-state index in [2.05, 4.69) is 35.1 Å². The third-order valence-corrected chi connectivity index (χ3v) is 3.29. The Morgan fingerprint density at radius 2 is 1.94 bits per heavy atom. The lowest BCUT2D eigenvalue weighted by Gasteiger charge is -2.15. The van der Waals surface area contributed by atoms with E-state index in [1.54, 1.807) is 0 Å². The van der Waals surface area contributed by atoms with Crippen LogP contribution in [-0.4, -0.2) is 19.2 Å². The van der Waals surface area contributed by atoms with Gasteiger partial charge in [0.15, 0.2) is 0 Å². The summed E-state index contributed by atoms with van der Waals surface area (Å²) in [5, 5.41) is 3.48. The molecule has 1 N–H and O–H groups in total. The van der Waals surface area contributed by atoms with Gasteiger partial charge in [-0.25, -0.2) is 0 Å². The summed E-state index contributed by atoms with van der Waals surface area (Å²) in [5.74, 6) is 0.949. The number of halogens is 1. The largest absolute Gasteiger partial charge is 0.494 e. The summed E-state index contributed by atoms with van der Waals surface area (Å²) in [4.78, 5) is 0. The second-order valence-electron chi connectivity index (χ2n) is 4.11. The molecule has 1 aromatic rings. The Hall–Kier alpha value is -0.540. The zero-order valence-electron chi connectivity index (χ0n) is 10.7. The molecule has 0 amide bonds. The highest BCUT2D eigenvalue weighted by Gasteiger charge is 2.03. The number of nitrogens with one attached hydrogen (secondary N) is 1. The van der Waals surface area contributed by atoms with Crippen molar-refractivity contribution < 1.29 is 4.74 Å². The van der Waals surface area contributed by atoms with Gasteiger partial charge in [-0.15, -0.1) is 0 Å². The van der Waals surface area contributed by atoms with Crippen LogP contribution >= 0.6 is 15.9 Å². The van der Waals surface area contributed by atoms with Crippen LogP contribution < -0.4 is 10.1 Å². The van der Waals surface area contributed by atoms with E-state index in [0.29, 0.717) is 6.04 Å². The lowest BCUT2D eigenvalue weighted by molar-refractivity contribution is 0.295. The standard InChI is InChI=1S/C14H22BrNO/c1-3-13(16-4-2)6-5-11-17-14-9-7-12(15)8-10-14/h7-10,13,16H,3-6,11H2,1-2H3. The van der Waals surface area contributed by atoms with Gasteiger partial charge in [0.1, 0.15) is 5.75 Å². The van der Waals surface area contributed by atoms with Crippen molar-refractivity contribution in [3.05, 3.63) is 28.7 Å². The first kappa shape index (κ1) is 14.5. The molecule has 0 heterocycles. The lowest BCUT2D eigenvalue weighted by Crippen LogP contribution is -2.28. The monoisotopic (exact) mass is 299 g/mol. The summed E-state index contributed by atoms with van der Waals surface area (Å²) in [6, 6.07) is 8.62. The van der Waals surface area contributed by atoms with Crippen LogP contribution in [0, 0.1) is 0 Å². The van der Waals surface area contributed by atoms with Crippen LogP contribution in [-0.2, 0) is 0 Å². The van der Waals surface area contributed by atoms with Crippen molar-refractivity contribution in [2.75, 3.05) is 13.2 Å². The van der Waals surface area contributed by atoms with E-state index in [0.717, 1.165) is 29.8 Å². The minimum atomic E-state index is 0.633. The van der Waals surface area contributed by atoms with Crippen LogP contribution in [0.1, 0.15) is 33.1 Å². The number of hydrogen-bond donors (Lipinski definition) is 1. The van der Waals surface area contributed by atoms with E-state index in [4.69, 9.17) is 4.74 Å². The third-order valence-electron chi connectivity index (χ3n) is 2.76. The summed E-state index contributed by atoms with van der Waals surface area (Å²) >= 11 is 3.41. The first-order valence-corrected chi connectivity index (χ1v) is 7.17. The van der Waals surface area contributed by atoms with Crippen molar-refractivity contribution in [2.45, 2.75) is 39.2 Å². The van der Waals surface area contributed by atoms with Gasteiger partial charge < -0.3 is 10.1 Å². The Morgan fingerprint density at radius 1 is 1.24 bits per heavy atom. The molecule has 0 aliphatic carbocycles. The Morgan fingerprint density at radius 3 is 2.53 bits per heavy atom. The van der Waals surface area contributed by atoms with E-state index in [9.17, 15) is 0 Å². The lowest BCUT2D eigenvalue weighted by atomic mass is 10.1. The Labute approximate surface area is 113 Å². The van der Waals surface area contributed by atoms with Crippen LogP contribution in [0.4, 0.5) is 0 Å². The van der Waals surface area contributed by atoms with Crippen molar-refractivity contribution in [1.82, 2.24) is 5.32 Å². The summed E-state index contributed by atoms with van der Waals surface area (Å²) in [5.41, 5.74) is 0. The summed E-state index contributed by atoms with van der Waals surface area (Å²) in [6.07, 6.45) is 3.47. The normalized spacial score (nSPS) is 12.4. The maximum absolute atomic E-state index is 5.69. The van der Waals surface area contributed by atoms with Gasteiger partial charge in [-0.05, 0) is 50.1 Å². The second kappa shape index (κ2) is 8.54. The molecule has 3 heteroatoms. The molecule has 0 aromatic heterocycles. The van der Waals surface area contributed by atoms with Gasteiger partial charge in [-0.2, -0.15) is 0 Å². The van der Waals surface area contributed by atoms with Crippen LogP contribution in [0.15, 0.2) is 28.7 Å². The van der Waals surface area contributed by atoms with E-state index in [-0.39, 0.29) is 0 Å².